The molecule has 0 aliphatic carbocycles. The van der Waals surface area contributed by atoms with Gasteiger partial charge in [-0.25, -0.2) is 4.39 Å². The van der Waals surface area contributed by atoms with Gasteiger partial charge in [-0.2, -0.15) is 0 Å². The van der Waals surface area contributed by atoms with Crippen molar-refractivity contribution in [3.63, 3.8) is 0 Å². The summed E-state index contributed by atoms with van der Waals surface area (Å²) in [6.45, 7) is 1.66. The Hall–Kier alpha value is -2.03. The highest BCUT2D eigenvalue weighted by atomic mass is 19.1. The largest absolute Gasteiger partial charge is 0.398 e. The van der Waals surface area contributed by atoms with Crippen LogP contribution in [-0.2, 0) is 13.0 Å². The van der Waals surface area contributed by atoms with Crippen molar-refractivity contribution in [1.82, 2.24) is 0 Å². The quantitative estimate of drug-likeness (QED) is 0.835. The molecule has 2 N–H and O–H groups in total. The highest BCUT2D eigenvalue weighted by Crippen LogP contribution is 2.29. The van der Waals surface area contributed by atoms with E-state index in [0.29, 0.717) is 12.2 Å². The molecule has 0 fully saturated rings. The summed E-state index contributed by atoms with van der Waals surface area (Å²) in [7, 11) is 0. The molecule has 0 bridgehead atoms. The molecule has 19 heavy (non-hydrogen) atoms. The summed E-state index contributed by atoms with van der Waals surface area (Å²) >= 11 is 0. The number of benzene rings is 2. The Morgan fingerprint density at radius 1 is 1.16 bits per heavy atom. The van der Waals surface area contributed by atoms with E-state index in [1.165, 1.54) is 23.4 Å². The Balaban J connectivity index is 1.90. The van der Waals surface area contributed by atoms with Crippen molar-refractivity contribution < 1.29 is 4.39 Å². The maximum Gasteiger partial charge on any atom is 0.123 e. The second-order valence-electron chi connectivity index (χ2n) is 5.00. The van der Waals surface area contributed by atoms with Gasteiger partial charge in [0.1, 0.15) is 5.82 Å². The molecule has 2 aromatic carbocycles. The lowest BCUT2D eigenvalue weighted by molar-refractivity contribution is 0.623. The van der Waals surface area contributed by atoms with Crippen molar-refractivity contribution >= 4 is 11.4 Å². The molecule has 3 heteroatoms. The number of nitrogens with two attached hydrogens (primary N) is 1. The van der Waals surface area contributed by atoms with Gasteiger partial charge < -0.3 is 10.6 Å². The highest BCUT2D eigenvalue weighted by Gasteiger charge is 2.17. The van der Waals surface area contributed by atoms with Gasteiger partial charge in [0, 0.05) is 24.5 Å². The highest BCUT2D eigenvalue weighted by molar-refractivity contribution is 5.57. The van der Waals surface area contributed by atoms with Crippen LogP contribution in [-0.4, -0.2) is 6.54 Å². The molecule has 2 nitrogen and oxygen atoms in total. The van der Waals surface area contributed by atoms with Gasteiger partial charge in [0.2, 0.25) is 0 Å². The van der Waals surface area contributed by atoms with Crippen LogP contribution in [0.5, 0.6) is 0 Å². The van der Waals surface area contributed by atoms with Gasteiger partial charge >= 0.3 is 0 Å². The van der Waals surface area contributed by atoms with Crippen LogP contribution in [0.1, 0.15) is 17.5 Å². The first-order valence-electron chi connectivity index (χ1n) is 6.61. The number of halogens is 1. The van der Waals surface area contributed by atoms with Gasteiger partial charge in [-0.1, -0.05) is 18.2 Å². The van der Waals surface area contributed by atoms with E-state index in [1.807, 2.05) is 6.07 Å². The molecule has 1 heterocycles. The minimum atomic E-state index is -0.227. The van der Waals surface area contributed by atoms with E-state index in [4.69, 9.17) is 5.73 Å². The van der Waals surface area contributed by atoms with Crippen LogP contribution in [0.4, 0.5) is 15.8 Å². The van der Waals surface area contributed by atoms with Gasteiger partial charge in [-0.05, 0) is 48.2 Å². The molecule has 0 atom stereocenters. The van der Waals surface area contributed by atoms with Gasteiger partial charge in [-0.15, -0.1) is 0 Å². The Morgan fingerprint density at radius 3 is 2.89 bits per heavy atom. The van der Waals surface area contributed by atoms with Crippen LogP contribution >= 0.6 is 0 Å². The van der Waals surface area contributed by atoms with Crippen LogP contribution in [0.2, 0.25) is 0 Å². The zero-order chi connectivity index (χ0) is 13.2. The third-order valence-corrected chi connectivity index (χ3v) is 3.67. The van der Waals surface area contributed by atoms with Crippen molar-refractivity contribution in [3.8, 4) is 0 Å². The standard InChI is InChI=1S/C16H17FN2/c17-14-7-8-15(18)13(10-14)11-19-9-3-5-12-4-1-2-6-16(12)19/h1-2,4,6-8,10H,3,5,9,11,18H2. The van der Waals surface area contributed by atoms with E-state index in [0.717, 1.165) is 24.9 Å². The molecule has 0 aromatic heterocycles. The summed E-state index contributed by atoms with van der Waals surface area (Å²) in [4.78, 5) is 2.28. The van der Waals surface area contributed by atoms with Crippen molar-refractivity contribution in [2.24, 2.45) is 0 Å². The van der Waals surface area contributed by atoms with E-state index in [-0.39, 0.29) is 5.82 Å². The lowest BCUT2D eigenvalue weighted by Crippen LogP contribution is -2.29. The van der Waals surface area contributed by atoms with E-state index < -0.39 is 0 Å². The van der Waals surface area contributed by atoms with E-state index in [2.05, 4.69) is 23.1 Å². The third-order valence-electron chi connectivity index (χ3n) is 3.67. The summed E-state index contributed by atoms with van der Waals surface area (Å²) < 4.78 is 13.3. The summed E-state index contributed by atoms with van der Waals surface area (Å²) in [6.07, 6.45) is 2.25. The van der Waals surface area contributed by atoms with Gasteiger partial charge in [0.15, 0.2) is 0 Å². The normalized spacial score (nSPS) is 14.3. The molecule has 0 spiro atoms. The summed E-state index contributed by atoms with van der Waals surface area (Å²) in [5.41, 5.74) is 10.1. The molecule has 0 saturated heterocycles. The van der Waals surface area contributed by atoms with E-state index in [1.54, 1.807) is 6.07 Å². The monoisotopic (exact) mass is 256 g/mol. The Bertz CT molecular complexity index is 595. The van der Waals surface area contributed by atoms with Crippen LogP contribution in [0, 0.1) is 5.82 Å². The number of nitrogens with zero attached hydrogens (tertiary/aromatic N) is 1. The summed E-state index contributed by atoms with van der Waals surface area (Å²) in [5, 5.41) is 0. The van der Waals surface area contributed by atoms with E-state index in [9.17, 15) is 4.39 Å². The molecule has 2 aromatic rings. The fourth-order valence-electron chi connectivity index (χ4n) is 2.69. The number of anilines is 2. The molecule has 3 rings (SSSR count). The van der Waals surface area contributed by atoms with Crippen molar-refractivity contribution in [2.45, 2.75) is 19.4 Å². The van der Waals surface area contributed by atoms with Gasteiger partial charge in [0.05, 0.1) is 0 Å². The van der Waals surface area contributed by atoms with Crippen molar-refractivity contribution in [3.05, 3.63) is 59.4 Å². The Kier molecular flexibility index (Phi) is 3.11. The first-order valence-corrected chi connectivity index (χ1v) is 6.61. The van der Waals surface area contributed by atoms with Crippen LogP contribution in [0.15, 0.2) is 42.5 Å². The van der Waals surface area contributed by atoms with E-state index >= 15 is 0 Å². The first-order chi connectivity index (χ1) is 9.24. The van der Waals surface area contributed by atoms with Crippen LogP contribution < -0.4 is 10.6 Å². The summed E-state index contributed by atoms with van der Waals surface area (Å²) in [6, 6.07) is 13.0. The average Bonchev–Trinajstić information content (AvgIpc) is 2.43. The zero-order valence-corrected chi connectivity index (χ0v) is 10.8. The predicted octanol–water partition coefficient (Wildman–Crippen LogP) is 3.36. The molecule has 1 aliphatic heterocycles. The predicted molar refractivity (Wildman–Crippen MR) is 76.6 cm³/mol. The second-order valence-corrected chi connectivity index (χ2v) is 5.00. The molecule has 0 radical (unpaired) electrons. The Morgan fingerprint density at radius 2 is 2.00 bits per heavy atom. The first kappa shape index (κ1) is 12.0. The number of fused-ring (bicyclic) bond motifs is 1. The maximum absolute atomic E-state index is 13.3. The van der Waals surface area contributed by atoms with Crippen LogP contribution in [0.25, 0.3) is 0 Å². The SMILES string of the molecule is Nc1ccc(F)cc1CN1CCCc2ccccc21. The van der Waals surface area contributed by atoms with Crippen molar-refractivity contribution in [2.75, 3.05) is 17.2 Å². The smallest absolute Gasteiger partial charge is 0.123 e. The fraction of sp³-hybridized carbons (Fsp3) is 0.250. The number of hydrogen-bond acceptors (Lipinski definition) is 2. The number of aryl methyl sites for hydroxylation is 1. The molecular weight excluding hydrogens is 239 g/mol. The minimum Gasteiger partial charge on any atom is -0.398 e. The zero-order valence-electron chi connectivity index (χ0n) is 10.8. The molecular formula is C16H17FN2. The molecule has 0 amide bonds. The molecule has 98 valence electrons. The maximum atomic E-state index is 13.3. The topological polar surface area (TPSA) is 29.3 Å². The number of nitrogen functional groups attached to an aromatic ring is 1. The van der Waals surface area contributed by atoms with Gasteiger partial charge in [0.25, 0.3) is 0 Å². The lowest BCUT2D eigenvalue weighted by atomic mass is 10.0. The summed E-state index contributed by atoms with van der Waals surface area (Å²) in [5.74, 6) is -0.227. The number of hydrogen-bond donors (Lipinski definition) is 1. The minimum absolute atomic E-state index is 0.227. The average molecular weight is 256 g/mol. The molecule has 1 aliphatic rings. The molecule has 0 unspecified atom stereocenters. The van der Waals surface area contributed by atoms with Crippen LogP contribution in [0.3, 0.4) is 0 Å². The second kappa shape index (κ2) is 4.92. The number of rotatable bonds is 2. The lowest BCUT2D eigenvalue weighted by Gasteiger charge is -2.31. The Labute approximate surface area is 112 Å². The molecule has 0 saturated carbocycles. The van der Waals surface area contributed by atoms with Crippen molar-refractivity contribution in [1.29, 1.82) is 0 Å². The fourth-order valence-corrected chi connectivity index (χ4v) is 2.69. The third kappa shape index (κ3) is 2.41. The number of para-hydroxylation sites is 1. The van der Waals surface area contributed by atoms with Gasteiger partial charge in [-0.3, -0.25) is 0 Å².